The molecule has 1 fully saturated rings. The summed E-state index contributed by atoms with van der Waals surface area (Å²) in [6, 6.07) is 6.36. The summed E-state index contributed by atoms with van der Waals surface area (Å²) in [6.45, 7) is 5.23. The maximum absolute atomic E-state index is 13.0. The first kappa shape index (κ1) is 18.9. The number of halogens is 2. The van der Waals surface area contributed by atoms with Gasteiger partial charge in [0.25, 0.3) is 0 Å². The van der Waals surface area contributed by atoms with Gasteiger partial charge in [-0.3, -0.25) is 4.79 Å². The molecular formula is C17H26ClFN2O. The Bertz CT molecular complexity index is 480. The molecule has 0 aromatic heterocycles. The molecule has 1 aliphatic rings. The maximum atomic E-state index is 13.0. The first-order valence-corrected chi connectivity index (χ1v) is 7.84. The summed E-state index contributed by atoms with van der Waals surface area (Å²) in [5.74, 6) is 0.311. The Morgan fingerprint density at radius 1 is 1.36 bits per heavy atom. The molecule has 0 spiro atoms. The third kappa shape index (κ3) is 3.99. The van der Waals surface area contributed by atoms with E-state index in [9.17, 15) is 9.18 Å². The van der Waals surface area contributed by atoms with Crippen LogP contribution in [0, 0.1) is 17.7 Å². The summed E-state index contributed by atoms with van der Waals surface area (Å²) in [6.07, 6.45) is 3.07. The van der Waals surface area contributed by atoms with Gasteiger partial charge in [-0.15, -0.1) is 12.4 Å². The Labute approximate surface area is 138 Å². The molecule has 3 atom stereocenters. The smallest absolute Gasteiger partial charge is 0.226 e. The van der Waals surface area contributed by atoms with Crippen molar-refractivity contribution in [2.24, 2.45) is 17.6 Å². The zero-order valence-electron chi connectivity index (χ0n) is 13.3. The monoisotopic (exact) mass is 328 g/mol. The SMILES string of the molecule is CCN(C(=O)[C@@H]1CCC[C@@H]1CN)C(C)c1ccc(F)cc1.Cl. The third-order valence-corrected chi connectivity index (χ3v) is 4.72. The molecule has 1 saturated carbocycles. The van der Waals surface area contributed by atoms with Gasteiger partial charge in [0.2, 0.25) is 5.91 Å². The van der Waals surface area contributed by atoms with E-state index in [0.717, 1.165) is 24.8 Å². The molecule has 1 unspecified atom stereocenters. The summed E-state index contributed by atoms with van der Waals surface area (Å²) in [7, 11) is 0. The van der Waals surface area contributed by atoms with Gasteiger partial charge >= 0.3 is 0 Å². The van der Waals surface area contributed by atoms with Crippen molar-refractivity contribution >= 4 is 18.3 Å². The molecule has 0 radical (unpaired) electrons. The van der Waals surface area contributed by atoms with Crippen molar-refractivity contribution in [2.75, 3.05) is 13.1 Å². The molecule has 22 heavy (non-hydrogen) atoms. The summed E-state index contributed by atoms with van der Waals surface area (Å²) < 4.78 is 13.0. The highest BCUT2D eigenvalue weighted by Gasteiger charge is 2.35. The van der Waals surface area contributed by atoms with E-state index in [-0.39, 0.29) is 36.1 Å². The van der Waals surface area contributed by atoms with Crippen molar-refractivity contribution in [3.8, 4) is 0 Å². The number of benzene rings is 1. The second-order valence-electron chi connectivity index (χ2n) is 5.88. The number of nitrogens with two attached hydrogens (primary N) is 1. The largest absolute Gasteiger partial charge is 0.336 e. The Balaban J connectivity index is 0.00000242. The molecule has 2 rings (SSSR count). The van der Waals surface area contributed by atoms with E-state index < -0.39 is 0 Å². The van der Waals surface area contributed by atoms with Gasteiger partial charge in [0.1, 0.15) is 5.82 Å². The van der Waals surface area contributed by atoms with Crippen LogP contribution in [0.5, 0.6) is 0 Å². The fourth-order valence-electron chi connectivity index (χ4n) is 3.40. The minimum Gasteiger partial charge on any atom is -0.336 e. The van der Waals surface area contributed by atoms with E-state index in [2.05, 4.69) is 0 Å². The van der Waals surface area contributed by atoms with Crippen LogP contribution in [0.4, 0.5) is 4.39 Å². The minimum absolute atomic E-state index is 0. The predicted molar refractivity (Wildman–Crippen MR) is 89.3 cm³/mol. The number of hydrogen-bond donors (Lipinski definition) is 1. The second-order valence-corrected chi connectivity index (χ2v) is 5.88. The van der Waals surface area contributed by atoms with E-state index in [4.69, 9.17) is 5.73 Å². The standard InChI is InChI=1S/C17H25FN2O.ClH/c1-3-20(12(2)13-7-9-15(18)10-8-13)17(21)16-6-4-5-14(16)11-19;/h7-10,12,14,16H,3-6,11,19H2,1-2H3;1H/t12?,14-,16-;/m1./s1. The van der Waals surface area contributed by atoms with Crippen LogP contribution in [0.2, 0.25) is 0 Å². The van der Waals surface area contributed by atoms with Crippen LogP contribution in [0.1, 0.15) is 44.7 Å². The van der Waals surface area contributed by atoms with Gasteiger partial charge in [-0.25, -0.2) is 4.39 Å². The fraction of sp³-hybridized carbons (Fsp3) is 0.588. The van der Waals surface area contributed by atoms with Gasteiger partial charge in [-0.1, -0.05) is 18.6 Å². The molecular weight excluding hydrogens is 303 g/mol. The highest BCUT2D eigenvalue weighted by molar-refractivity contribution is 5.85. The molecule has 3 nitrogen and oxygen atoms in total. The molecule has 0 bridgehead atoms. The molecule has 0 heterocycles. The molecule has 1 aliphatic carbocycles. The summed E-state index contributed by atoms with van der Waals surface area (Å²) >= 11 is 0. The average Bonchev–Trinajstić information content (AvgIpc) is 2.96. The number of amides is 1. The predicted octanol–water partition coefficient (Wildman–Crippen LogP) is 3.53. The first-order chi connectivity index (χ1) is 10.1. The quantitative estimate of drug-likeness (QED) is 0.898. The Kier molecular flexibility index (Phi) is 7.30. The molecule has 124 valence electrons. The normalized spacial score (nSPS) is 22.0. The zero-order chi connectivity index (χ0) is 15.4. The number of hydrogen-bond acceptors (Lipinski definition) is 2. The van der Waals surface area contributed by atoms with Crippen LogP contribution < -0.4 is 5.73 Å². The Morgan fingerprint density at radius 3 is 2.55 bits per heavy atom. The lowest BCUT2D eigenvalue weighted by molar-refractivity contribution is -0.138. The fourth-order valence-corrected chi connectivity index (χ4v) is 3.40. The van der Waals surface area contributed by atoms with E-state index in [1.807, 2.05) is 18.7 Å². The van der Waals surface area contributed by atoms with Gasteiger partial charge in [0.15, 0.2) is 0 Å². The molecule has 2 N–H and O–H groups in total. The van der Waals surface area contributed by atoms with Crippen LogP contribution >= 0.6 is 12.4 Å². The van der Waals surface area contributed by atoms with Crippen molar-refractivity contribution < 1.29 is 9.18 Å². The van der Waals surface area contributed by atoms with Crippen molar-refractivity contribution in [1.29, 1.82) is 0 Å². The Morgan fingerprint density at radius 2 is 2.00 bits per heavy atom. The average molecular weight is 329 g/mol. The number of nitrogens with zero attached hydrogens (tertiary/aromatic N) is 1. The molecule has 5 heteroatoms. The lowest BCUT2D eigenvalue weighted by Gasteiger charge is -2.32. The van der Waals surface area contributed by atoms with E-state index in [1.54, 1.807) is 12.1 Å². The zero-order valence-corrected chi connectivity index (χ0v) is 14.1. The number of rotatable bonds is 5. The lowest BCUT2D eigenvalue weighted by atomic mass is 9.93. The first-order valence-electron chi connectivity index (χ1n) is 7.84. The Hall–Kier alpha value is -1.13. The summed E-state index contributed by atoms with van der Waals surface area (Å²) in [5, 5.41) is 0. The molecule has 1 amide bonds. The minimum atomic E-state index is -0.251. The van der Waals surface area contributed by atoms with E-state index >= 15 is 0 Å². The topological polar surface area (TPSA) is 46.3 Å². The number of carbonyl (C=O) groups excluding carboxylic acids is 1. The summed E-state index contributed by atoms with van der Waals surface area (Å²) in [5.41, 5.74) is 6.76. The van der Waals surface area contributed by atoms with Crippen molar-refractivity contribution in [3.63, 3.8) is 0 Å². The second kappa shape index (κ2) is 8.49. The molecule has 1 aromatic rings. The van der Waals surface area contributed by atoms with Crippen LogP contribution in [0.15, 0.2) is 24.3 Å². The third-order valence-electron chi connectivity index (χ3n) is 4.72. The van der Waals surface area contributed by atoms with Crippen LogP contribution in [0.3, 0.4) is 0 Å². The van der Waals surface area contributed by atoms with Gasteiger partial charge in [-0.2, -0.15) is 0 Å². The van der Waals surface area contributed by atoms with Crippen LogP contribution in [-0.4, -0.2) is 23.9 Å². The molecule has 1 aromatic carbocycles. The van der Waals surface area contributed by atoms with Crippen LogP contribution in [-0.2, 0) is 4.79 Å². The van der Waals surface area contributed by atoms with Crippen molar-refractivity contribution in [1.82, 2.24) is 4.90 Å². The highest BCUT2D eigenvalue weighted by atomic mass is 35.5. The number of carbonyl (C=O) groups is 1. The van der Waals surface area contributed by atoms with E-state index in [1.165, 1.54) is 12.1 Å². The van der Waals surface area contributed by atoms with Crippen molar-refractivity contribution in [3.05, 3.63) is 35.6 Å². The van der Waals surface area contributed by atoms with Gasteiger partial charge < -0.3 is 10.6 Å². The van der Waals surface area contributed by atoms with Crippen molar-refractivity contribution in [2.45, 2.75) is 39.2 Å². The molecule has 0 saturated heterocycles. The van der Waals surface area contributed by atoms with Gasteiger partial charge in [0.05, 0.1) is 6.04 Å². The van der Waals surface area contributed by atoms with Gasteiger partial charge in [-0.05, 0) is 56.8 Å². The van der Waals surface area contributed by atoms with Crippen LogP contribution in [0.25, 0.3) is 0 Å². The van der Waals surface area contributed by atoms with E-state index in [0.29, 0.717) is 19.0 Å². The van der Waals surface area contributed by atoms with Gasteiger partial charge in [0, 0.05) is 12.5 Å². The highest BCUT2D eigenvalue weighted by Crippen LogP contribution is 2.34. The summed E-state index contributed by atoms with van der Waals surface area (Å²) in [4.78, 5) is 14.7. The maximum Gasteiger partial charge on any atom is 0.226 e. The molecule has 0 aliphatic heterocycles. The lowest BCUT2D eigenvalue weighted by Crippen LogP contribution is -2.40.